The van der Waals surface area contributed by atoms with E-state index in [1.54, 1.807) is 18.2 Å². The van der Waals surface area contributed by atoms with Crippen molar-refractivity contribution in [2.24, 2.45) is 0 Å². The van der Waals surface area contributed by atoms with E-state index >= 15 is 0 Å². The zero-order valence-corrected chi connectivity index (χ0v) is 14.3. The van der Waals surface area contributed by atoms with Gasteiger partial charge in [0, 0.05) is 20.0 Å². The Morgan fingerprint density at radius 1 is 1.40 bits per heavy atom. The Morgan fingerprint density at radius 3 is 2.72 bits per heavy atom. The van der Waals surface area contributed by atoms with Gasteiger partial charge in [0.15, 0.2) is 0 Å². The van der Waals surface area contributed by atoms with Gasteiger partial charge in [-0.05, 0) is 12.5 Å². The smallest absolute Gasteiger partial charge is 0.332 e. The normalized spacial score (nSPS) is 35.2. The van der Waals surface area contributed by atoms with Gasteiger partial charge in [0.2, 0.25) is 0 Å². The van der Waals surface area contributed by atoms with E-state index in [0.29, 0.717) is 5.76 Å². The van der Waals surface area contributed by atoms with Crippen molar-refractivity contribution in [3.8, 4) is 0 Å². The van der Waals surface area contributed by atoms with Crippen LogP contribution < -0.4 is 5.32 Å². The molecule has 136 valence electrons. The van der Waals surface area contributed by atoms with Crippen molar-refractivity contribution in [3.63, 3.8) is 0 Å². The quantitative estimate of drug-likeness (QED) is 0.448. The first-order valence-corrected chi connectivity index (χ1v) is 8.31. The summed E-state index contributed by atoms with van der Waals surface area (Å²) in [5.74, 6) is -1.49. The van der Waals surface area contributed by atoms with Crippen LogP contribution in [0.4, 0.5) is 9.18 Å². The molecule has 0 aromatic carbocycles. The SMILES string of the molecule is COCC1(N2C(=O)NC(=O)C2=O)C=CC=C(OC2CC(F)CC2Cl)C1. The first-order valence-electron chi connectivity index (χ1n) is 7.88. The van der Waals surface area contributed by atoms with Crippen molar-refractivity contribution >= 4 is 29.4 Å². The third kappa shape index (κ3) is 3.28. The highest BCUT2D eigenvalue weighted by Gasteiger charge is 2.51. The zero-order valence-electron chi connectivity index (χ0n) is 13.5. The van der Waals surface area contributed by atoms with Crippen LogP contribution in [0.2, 0.25) is 0 Å². The number of imide groups is 2. The summed E-state index contributed by atoms with van der Waals surface area (Å²) >= 11 is 6.11. The van der Waals surface area contributed by atoms with Crippen LogP contribution in [-0.4, -0.2) is 59.7 Å². The molecule has 1 heterocycles. The molecule has 2 aliphatic carbocycles. The third-order valence-electron chi connectivity index (χ3n) is 4.50. The Labute approximate surface area is 148 Å². The molecule has 0 aromatic rings. The van der Waals surface area contributed by atoms with E-state index in [0.717, 1.165) is 4.90 Å². The second kappa shape index (κ2) is 6.76. The lowest BCUT2D eigenvalue weighted by atomic mass is 9.89. The molecule has 1 saturated heterocycles. The summed E-state index contributed by atoms with van der Waals surface area (Å²) in [5.41, 5.74) is -1.19. The minimum atomic E-state index is -1.19. The summed E-state index contributed by atoms with van der Waals surface area (Å²) in [5, 5.41) is 1.53. The number of hydrogen-bond donors (Lipinski definition) is 1. The molecule has 4 unspecified atom stereocenters. The predicted molar refractivity (Wildman–Crippen MR) is 85.5 cm³/mol. The van der Waals surface area contributed by atoms with Crippen molar-refractivity contribution in [1.82, 2.24) is 10.2 Å². The maximum Gasteiger partial charge on any atom is 0.332 e. The number of nitrogens with zero attached hydrogens (tertiary/aromatic N) is 1. The van der Waals surface area contributed by atoms with Crippen molar-refractivity contribution < 1.29 is 28.2 Å². The van der Waals surface area contributed by atoms with Gasteiger partial charge in [-0.3, -0.25) is 14.9 Å². The van der Waals surface area contributed by atoms with E-state index in [-0.39, 0.29) is 25.9 Å². The van der Waals surface area contributed by atoms with Gasteiger partial charge < -0.3 is 9.47 Å². The number of amides is 4. The van der Waals surface area contributed by atoms with Crippen LogP contribution in [0.5, 0.6) is 0 Å². The average Bonchev–Trinajstić information content (AvgIpc) is 2.98. The van der Waals surface area contributed by atoms with Gasteiger partial charge in [0.25, 0.3) is 0 Å². The number of nitrogens with one attached hydrogen (secondary N) is 1. The second-order valence-electron chi connectivity index (χ2n) is 6.35. The highest BCUT2D eigenvalue weighted by Crippen LogP contribution is 2.36. The molecule has 2 fully saturated rings. The molecule has 0 radical (unpaired) electrons. The van der Waals surface area contributed by atoms with Gasteiger partial charge in [0.05, 0.1) is 17.7 Å². The fourth-order valence-corrected chi connectivity index (χ4v) is 3.76. The number of alkyl halides is 2. The Bertz CT molecular complexity index is 667. The first kappa shape index (κ1) is 17.9. The highest BCUT2D eigenvalue weighted by atomic mass is 35.5. The second-order valence-corrected chi connectivity index (χ2v) is 6.91. The van der Waals surface area contributed by atoms with Crippen LogP contribution in [0.1, 0.15) is 19.3 Å². The molecule has 0 bridgehead atoms. The van der Waals surface area contributed by atoms with Gasteiger partial charge in [-0.1, -0.05) is 12.2 Å². The maximum absolute atomic E-state index is 13.5. The monoisotopic (exact) mass is 372 g/mol. The van der Waals surface area contributed by atoms with Gasteiger partial charge in [0.1, 0.15) is 17.8 Å². The van der Waals surface area contributed by atoms with E-state index in [9.17, 15) is 18.8 Å². The molecular weight excluding hydrogens is 355 g/mol. The Kier molecular flexibility index (Phi) is 4.83. The summed E-state index contributed by atoms with van der Waals surface area (Å²) in [4.78, 5) is 36.6. The standard InChI is InChI=1S/C16H18ClFN2O5/c1-24-8-16(20-14(22)13(21)19-15(20)23)4-2-3-10(7-16)25-12-6-9(18)5-11(12)17/h2-4,9,11-12H,5-8H2,1H3,(H,19,21,23). The molecule has 3 rings (SSSR count). The van der Waals surface area contributed by atoms with Crippen LogP contribution in [0.3, 0.4) is 0 Å². The fourth-order valence-electron chi connectivity index (χ4n) is 3.42. The molecule has 4 atom stereocenters. The average molecular weight is 373 g/mol. The van der Waals surface area contributed by atoms with Gasteiger partial charge in [-0.15, -0.1) is 11.6 Å². The molecule has 3 aliphatic rings. The van der Waals surface area contributed by atoms with Crippen LogP contribution in [0.25, 0.3) is 0 Å². The van der Waals surface area contributed by atoms with Crippen LogP contribution in [0, 0.1) is 0 Å². The number of urea groups is 1. The Morgan fingerprint density at radius 2 is 2.16 bits per heavy atom. The van der Waals surface area contributed by atoms with Crippen molar-refractivity contribution in [2.45, 2.75) is 42.5 Å². The fraction of sp³-hybridized carbons (Fsp3) is 0.562. The van der Waals surface area contributed by atoms with Gasteiger partial charge >= 0.3 is 17.8 Å². The molecule has 0 spiro atoms. The zero-order chi connectivity index (χ0) is 18.2. The molecule has 25 heavy (non-hydrogen) atoms. The minimum Gasteiger partial charge on any atom is -0.493 e. The van der Waals surface area contributed by atoms with E-state index in [2.05, 4.69) is 0 Å². The van der Waals surface area contributed by atoms with Gasteiger partial charge in [-0.2, -0.15) is 0 Å². The maximum atomic E-state index is 13.5. The topological polar surface area (TPSA) is 84.9 Å². The van der Waals surface area contributed by atoms with E-state index in [4.69, 9.17) is 21.1 Å². The molecular formula is C16H18ClFN2O5. The van der Waals surface area contributed by atoms with Crippen LogP contribution >= 0.6 is 11.6 Å². The van der Waals surface area contributed by atoms with E-state index in [1.807, 2.05) is 5.32 Å². The molecule has 1 aliphatic heterocycles. The van der Waals surface area contributed by atoms with E-state index in [1.165, 1.54) is 7.11 Å². The summed E-state index contributed by atoms with van der Waals surface area (Å²) in [7, 11) is 1.42. The number of allylic oxidation sites excluding steroid dienone is 2. The molecule has 1 saturated carbocycles. The number of rotatable bonds is 5. The summed E-state index contributed by atoms with van der Waals surface area (Å²) in [6, 6.07) is -0.808. The minimum absolute atomic E-state index is 0.0165. The Hall–Kier alpha value is -1.93. The molecule has 0 aromatic heterocycles. The van der Waals surface area contributed by atoms with Crippen molar-refractivity contribution in [1.29, 1.82) is 0 Å². The van der Waals surface area contributed by atoms with Crippen LogP contribution in [-0.2, 0) is 19.1 Å². The van der Waals surface area contributed by atoms with E-state index < -0.39 is 41.0 Å². The molecule has 9 heteroatoms. The lowest BCUT2D eigenvalue weighted by Gasteiger charge is -2.38. The molecule has 7 nitrogen and oxygen atoms in total. The molecule has 4 amide bonds. The van der Waals surface area contributed by atoms with Crippen molar-refractivity contribution in [3.05, 3.63) is 24.0 Å². The molecule has 1 N–H and O–H groups in total. The summed E-state index contributed by atoms with van der Waals surface area (Å²) < 4.78 is 24.5. The predicted octanol–water partition coefficient (Wildman–Crippen LogP) is 1.42. The number of halogens is 2. The summed E-state index contributed by atoms with van der Waals surface area (Å²) in [6.07, 6.45) is 3.92. The largest absolute Gasteiger partial charge is 0.493 e. The number of carbonyl (C=O) groups is 3. The van der Waals surface area contributed by atoms with Crippen molar-refractivity contribution in [2.75, 3.05) is 13.7 Å². The highest BCUT2D eigenvalue weighted by molar-refractivity contribution is 6.45. The number of carbonyl (C=O) groups excluding carboxylic acids is 3. The lowest BCUT2D eigenvalue weighted by molar-refractivity contribution is -0.143. The van der Waals surface area contributed by atoms with Crippen LogP contribution in [0.15, 0.2) is 24.0 Å². The van der Waals surface area contributed by atoms with Gasteiger partial charge in [-0.25, -0.2) is 14.1 Å². The first-order chi connectivity index (χ1) is 11.9. The third-order valence-corrected chi connectivity index (χ3v) is 4.96. The number of hydrogen-bond acceptors (Lipinski definition) is 5. The Balaban J connectivity index is 1.81. The summed E-state index contributed by atoms with van der Waals surface area (Å²) in [6.45, 7) is -0.0165. The number of ether oxygens (including phenoxy) is 2. The lowest BCUT2D eigenvalue weighted by Crippen LogP contribution is -2.55. The number of methoxy groups -OCH3 is 1.